The molecule has 0 aromatic carbocycles. The lowest BCUT2D eigenvalue weighted by Gasteiger charge is -2.26. The van der Waals surface area contributed by atoms with E-state index in [-0.39, 0.29) is 5.92 Å². The van der Waals surface area contributed by atoms with Crippen LogP contribution < -0.4 is 0 Å². The molecule has 0 saturated heterocycles. The summed E-state index contributed by atoms with van der Waals surface area (Å²) < 4.78 is 0. The van der Waals surface area contributed by atoms with Crippen LogP contribution in [0.2, 0.25) is 0 Å². The van der Waals surface area contributed by atoms with Crippen molar-refractivity contribution >= 4 is 5.78 Å². The third kappa shape index (κ3) is 4.70. The van der Waals surface area contributed by atoms with E-state index < -0.39 is 30.2 Å². The fourth-order valence-corrected chi connectivity index (χ4v) is 1.28. The van der Waals surface area contributed by atoms with Crippen molar-refractivity contribution in [2.24, 2.45) is 5.92 Å². The minimum Gasteiger partial charge on any atom is -0.390 e. The first-order valence-electron chi connectivity index (χ1n) is 5.00. The average Bonchev–Trinajstić information content (AvgIpc) is 2.13. The number of ketones is 1. The molecule has 90 valence electrons. The second-order valence-corrected chi connectivity index (χ2v) is 4.23. The van der Waals surface area contributed by atoms with Gasteiger partial charge in [-0.05, 0) is 19.3 Å². The standard InChI is InChI=1S/C10H20O5/c1-5(2)4-7(12)9(14)10(15)8(13)6(3)11/h5,7-10,12-15H,4H2,1-3H3/t7-,8+,9-,10-/m1/s1. The molecule has 0 unspecified atom stereocenters. The Balaban J connectivity index is 4.29. The van der Waals surface area contributed by atoms with E-state index >= 15 is 0 Å². The van der Waals surface area contributed by atoms with Crippen molar-refractivity contribution in [3.8, 4) is 0 Å². The Labute approximate surface area is 89.4 Å². The Hall–Kier alpha value is -0.490. The molecule has 0 aliphatic heterocycles. The number of carbonyl (C=O) groups excluding carboxylic acids is 1. The molecule has 0 aromatic rings. The van der Waals surface area contributed by atoms with Crippen LogP contribution in [0.3, 0.4) is 0 Å². The summed E-state index contributed by atoms with van der Waals surface area (Å²) in [6.07, 6.45) is -5.65. The summed E-state index contributed by atoms with van der Waals surface area (Å²) in [6, 6.07) is 0. The summed E-state index contributed by atoms with van der Waals surface area (Å²) in [5.74, 6) is -0.491. The molecule has 0 aliphatic carbocycles. The lowest BCUT2D eigenvalue weighted by molar-refractivity contribution is -0.143. The molecule has 0 aromatic heterocycles. The molecule has 0 heterocycles. The van der Waals surface area contributed by atoms with Crippen molar-refractivity contribution in [1.29, 1.82) is 0 Å². The van der Waals surface area contributed by atoms with Gasteiger partial charge < -0.3 is 20.4 Å². The van der Waals surface area contributed by atoms with E-state index in [0.29, 0.717) is 6.42 Å². The Kier molecular flexibility index (Phi) is 5.97. The molecule has 0 spiro atoms. The van der Waals surface area contributed by atoms with Crippen molar-refractivity contribution in [1.82, 2.24) is 0 Å². The van der Waals surface area contributed by atoms with E-state index in [0.717, 1.165) is 6.92 Å². The van der Waals surface area contributed by atoms with Crippen LogP contribution in [-0.2, 0) is 4.79 Å². The molecule has 15 heavy (non-hydrogen) atoms. The Morgan fingerprint density at radius 1 is 1.07 bits per heavy atom. The highest BCUT2D eigenvalue weighted by Crippen LogP contribution is 2.13. The fourth-order valence-electron chi connectivity index (χ4n) is 1.28. The van der Waals surface area contributed by atoms with Gasteiger partial charge in [0.2, 0.25) is 0 Å². The van der Waals surface area contributed by atoms with Crippen LogP contribution in [0.5, 0.6) is 0 Å². The lowest BCUT2D eigenvalue weighted by atomic mass is 9.95. The van der Waals surface area contributed by atoms with Crippen LogP contribution in [0.4, 0.5) is 0 Å². The second-order valence-electron chi connectivity index (χ2n) is 4.23. The van der Waals surface area contributed by atoms with Gasteiger partial charge in [0.05, 0.1) is 6.10 Å². The third-order valence-corrected chi connectivity index (χ3v) is 2.20. The zero-order valence-corrected chi connectivity index (χ0v) is 9.29. The minimum atomic E-state index is -1.65. The van der Waals surface area contributed by atoms with Crippen LogP contribution in [0.15, 0.2) is 0 Å². The summed E-state index contributed by atoms with van der Waals surface area (Å²) in [4.78, 5) is 10.7. The molecule has 5 nitrogen and oxygen atoms in total. The quantitative estimate of drug-likeness (QED) is 0.463. The van der Waals surface area contributed by atoms with Crippen LogP contribution in [0.1, 0.15) is 27.2 Å². The highest BCUT2D eigenvalue weighted by molar-refractivity contribution is 5.80. The fraction of sp³-hybridized carbons (Fsp3) is 0.900. The van der Waals surface area contributed by atoms with E-state index in [9.17, 15) is 25.2 Å². The summed E-state index contributed by atoms with van der Waals surface area (Å²) in [5.41, 5.74) is 0. The maximum Gasteiger partial charge on any atom is 0.160 e. The zero-order chi connectivity index (χ0) is 12.2. The minimum absolute atomic E-state index is 0.149. The molecule has 0 saturated carbocycles. The molecule has 0 rings (SSSR count). The molecule has 0 bridgehead atoms. The van der Waals surface area contributed by atoms with Crippen LogP contribution >= 0.6 is 0 Å². The normalized spacial score (nSPS) is 19.7. The smallest absolute Gasteiger partial charge is 0.160 e. The molecule has 0 aliphatic rings. The number of Topliss-reactive ketones (excluding diaryl/α,β-unsaturated/α-hetero) is 1. The van der Waals surface area contributed by atoms with E-state index in [1.165, 1.54) is 0 Å². The third-order valence-electron chi connectivity index (χ3n) is 2.20. The van der Waals surface area contributed by atoms with Gasteiger partial charge in [-0.25, -0.2) is 0 Å². The highest BCUT2D eigenvalue weighted by Gasteiger charge is 2.32. The summed E-state index contributed by atoms with van der Waals surface area (Å²) in [5, 5.41) is 37.4. The maximum atomic E-state index is 10.7. The average molecular weight is 220 g/mol. The van der Waals surface area contributed by atoms with Crippen LogP contribution in [-0.4, -0.2) is 50.6 Å². The van der Waals surface area contributed by atoms with Gasteiger partial charge in [-0.2, -0.15) is 0 Å². The monoisotopic (exact) mass is 220 g/mol. The lowest BCUT2D eigenvalue weighted by Crippen LogP contribution is -2.47. The molecular weight excluding hydrogens is 200 g/mol. The SMILES string of the molecule is CC(=O)[C@H](O)[C@@H](O)[C@H](O)[C@H](O)CC(C)C. The predicted octanol–water partition coefficient (Wildman–Crippen LogP) is -0.935. The maximum absolute atomic E-state index is 10.7. The first kappa shape index (κ1) is 14.5. The number of hydrogen-bond donors (Lipinski definition) is 4. The van der Waals surface area contributed by atoms with Gasteiger partial charge in [0.1, 0.15) is 18.3 Å². The molecule has 0 amide bonds. The largest absolute Gasteiger partial charge is 0.390 e. The summed E-state index contributed by atoms with van der Waals surface area (Å²) in [7, 11) is 0. The molecular formula is C10H20O5. The first-order valence-corrected chi connectivity index (χ1v) is 5.00. The van der Waals surface area contributed by atoms with Crippen molar-refractivity contribution in [2.75, 3.05) is 0 Å². The second kappa shape index (κ2) is 6.17. The topological polar surface area (TPSA) is 98.0 Å². The molecule has 4 atom stereocenters. The predicted molar refractivity (Wildman–Crippen MR) is 54.2 cm³/mol. The van der Waals surface area contributed by atoms with Crippen molar-refractivity contribution < 1.29 is 25.2 Å². The molecule has 0 fully saturated rings. The summed E-state index contributed by atoms with van der Waals surface area (Å²) >= 11 is 0. The summed E-state index contributed by atoms with van der Waals surface area (Å²) in [6.45, 7) is 4.81. The van der Waals surface area contributed by atoms with Crippen molar-refractivity contribution in [3.05, 3.63) is 0 Å². The number of hydrogen-bond acceptors (Lipinski definition) is 5. The van der Waals surface area contributed by atoms with E-state index in [2.05, 4.69) is 0 Å². The van der Waals surface area contributed by atoms with Gasteiger partial charge >= 0.3 is 0 Å². The van der Waals surface area contributed by atoms with Gasteiger partial charge in [-0.15, -0.1) is 0 Å². The molecule has 0 radical (unpaired) electrons. The number of aliphatic hydroxyl groups is 4. The van der Waals surface area contributed by atoms with E-state index in [4.69, 9.17) is 0 Å². The Bertz CT molecular complexity index is 204. The number of aliphatic hydroxyl groups excluding tert-OH is 4. The Morgan fingerprint density at radius 2 is 1.53 bits per heavy atom. The Morgan fingerprint density at radius 3 is 1.87 bits per heavy atom. The van der Waals surface area contributed by atoms with E-state index in [1.807, 2.05) is 13.8 Å². The van der Waals surface area contributed by atoms with Gasteiger partial charge in [0.25, 0.3) is 0 Å². The number of carbonyl (C=O) groups is 1. The molecule has 5 heteroatoms. The number of rotatable bonds is 6. The zero-order valence-electron chi connectivity index (χ0n) is 9.29. The van der Waals surface area contributed by atoms with Crippen LogP contribution in [0, 0.1) is 5.92 Å². The van der Waals surface area contributed by atoms with Gasteiger partial charge in [-0.1, -0.05) is 13.8 Å². The van der Waals surface area contributed by atoms with Crippen LogP contribution in [0.25, 0.3) is 0 Å². The van der Waals surface area contributed by atoms with E-state index in [1.54, 1.807) is 0 Å². The highest BCUT2D eigenvalue weighted by atomic mass is 16.4. The van der Waals surface area contributed by atoms with Crippen molar-refractivity contribution in [2.45, 2.75) is 51.6 Å². The van der Waals surface area contributed by atoms with Crippen molar-refractivity contribution in [3.63, 3.8) is 0 Å². The molecule has 4 N–H and O–H groups in total. The van der Waals surface area contributed by atoms with Gasteiger partial charge in [0.15, 0.2) is 5.78 Å². The first-order chi connectivity index (χ1) is 6.77. The van der Waals surface area contributed by atoms with Gasteiger partial charge in [0, 0.05) is 0 Å². The van der Waals surface area contributed by atoms with Gasteiger partial charge in [-0.3, -0.25) is 4.79 Å².